The number of ether oxygens (including phenoxy) is 1. The highest BCUT2D eigenvalue weighted by molar-refractivity contribution is 5.56. The average molecular weight is 444 g/mol. The zero-order valence-corrected chi connectivity index (χ0v) is 19.3. The number of hydrogen-bond acceptors (Lipinski definition) is 6. The van der Waals surface area contributed by atoms with Crippen LogP contribution in [0.5, 0.6) is 5.88 Å². The van der Waals surface area contributed by atoms with E-state index in [9.17, 15) is 0 Å². The van der Waals surface area contributed by atoms with Gasteiger partial charge in [0.15, 0.2) is 5.82 Å². The lowest BCUT2D eigenvalue weighted by atomic mass is 9.73. The van der Waals surface area contributed by atoms with Crippen LogP contribution in [0.25, 0.3) is 23.0 Å². The molecule has 3 aromatic heterocycles. The van der Waals surface area contributed by atoms with E-state index in [1.807, 2.05) is 61.8 Å². The first-order valence-electron chi connectivity index (χ1n) is 11.5. The monoisotopic (exact) mass is 443 g/mol. The van der Waals surface area contributed by atoms with E-state index in [0.717, 1.165) is 24.2 Å². The van der Waals surface area contributed by atoms with Gasteiger partial charge in [-0.1, -0.05) is 68.3 Å². The van der Waals surface area contributed by atoms with Crippen LogP contribution in [-0.4, -0.2) is 34.7 Å². The third-order valence-corrected chi connectivity index (χ3v) is 6.39. The van der Waals surface area contributed by atoms with Crippen LogP contribution >= 0.6 is 0 Å². The van der Waals surface area contributed by atoms with Crippen LogP contribution < -0.4 is 4.74 Å². The number of rotatable bonds is 6. The van der Waals surface area contributed by atoms with Crippen molar-refractivity contribution in [3.63, 3.8) is 0 Å². The first-order chi connectivity index (χ1) is 16.0. The summed E-state index contributed by atoms with van der Waals surface area (Å²) in [6.07, 6.45) is 6.54. The summed E-state index contributed by atoms with van der Waals surface area (Å²) in [5.74, 6) is 1.85. The molecule has 1 fully saturated rings. The van der Waals surface area contributed by atoms with Gasteiger partial charge < -0.3 is 4.74 Å². The SMILES string of the molecule is Cn1cc(-c2nc(-c3cccc(OCc4ccccc4)n3)nn2C2CCCCC2(C)C)nn1. The highest BCUT2D eigenvalue weighted by Gasteiger charge is 2.36. The lowest BCUT2D eigenvalue weighted by molar-refractivity contribution is 0.134. The number of hydrogen-bond donors (Lipinski definition) is 0. The quantitative estimate of drug-likeness (QED) is 0.423. The summed E-state index contributed by atoms with van der Waals surface area (Å²) < 4.78 is 9.67. The van der Waals surface area contributed by atoms with E-state index in [4.69, 9.17) is 19.8 Å². The van der Waals surface area contributed by atoms with Gasteiger partial charge in [0.1, 0.15) is 18.0 Å². The van der Waals surface area contributed by atoms with Gasteiger partial charge in [-0.05, 0) is 29.9 Å². The maximum absolute atomic E-state index is 5.93. The topological polar surface area (TPSA) is 83.5 Å². The zero-order chi connectivity index (χ0) is 22.8. The molecule has 0 radical (unpaired) electrons. The summed E-state index contributed by atoms with van der Waals surface area (Å²) in [5.41, 5.74) is 2.61. The molecule has 0 saturated heterocycles. The van der Waals surface area contributed by atoms with Crippen LogP contribution in [0.1, 0.15) is 51.1 Å². The Morgan fingerprint density at radius 1 is 1.00 bits per heavy atom. The van der Waals surface area contributed by atoms with Gasteiger partial charge in [-0.2, -0.15) is 0 Å². The highest BCUT2D eigenvalue weighted by Crippen LogP contribution is 2.45. The highest BCUT2D eigenvalue weighted by atomic mass is 16.5. The Morgan fingerprint density at radius 3 is 2.61 bits per heavy atom. The van der Waals surface area contributed by atoms with E-state index in [-0.39, 0.29) is 11.5 Å². The molecule has 170 valence electrons. The summed E-state index contributed by atoms with van der Waals surface area (Å²) in [6, 6.07) is 16.0. The van der Waals surface area contributed by atoms with Crippen molar-refractivity contribution in [3.05, 3.63) is 60.3 Å². The molecule has 0 N–H and O–H groups in total. The average Bonchev–Trinajstić information content (AvgIpc) is 3.45. The lowest BCUT2D eigenvalue weighted by Gasteiger charge is -2.38. The summed E-state index contributed by atoms with van der Waals surface area (Å²) in [4.78, 5) is 9.57. The van der Waals surface area contributed by atoms with Gasteiger partial charge in [-0.3, -0.25) is 4.68 Å². The molecule has 4 aromatic rings. The van der Waals surface area contributed by atoms with E-state index >= 15 is 0 Å². The van der Waals surface area contributed by atoms with E-state index in [2.05, 4.69) is 28.8 Å². The van der Waals surface area contributed by atoms with Gasteiger partial charge in [0.05, 0.1) is 12.2 Å². The van der Waals surface area contributed by atoms with Gasteiger partial charge in [-0.25, -0.2) is 14.6 Å². The predicted molar refractivity (Wildman–Crippen MR) is 125 cm³/mol. The maximum Gasteiger partial charge on any atom is 0.214 e. The van der Waals surface area contributed by atoms with Crippen LogP contribution in [0, 0.1) is 5.41 Å². The standard InChI is InChI=1S/C25H29N7O/c1-25(2)15-8-7-13-21(25)32-24(20-16-31(3)30-28-20)27-23(29-32)19-12-9-14-22(26-19)33-17-18-10-5-4-6-11-18/h4-6,9-12,14,16,21H,7-8,13,15,17H2,1-3H3. The molecule has 1 aliphatic rings. The van der Waals surface area contributed by atoms with Gasteiger partial charge in [0, 0.05) is 13.1 Å². The van der Waals surface area contributed by atoms with Gasteiger partial charge in [0.25, 0.3) is 0 Å². The van der Waals surface area contributed by atoms with Crippen molar-refractivity contribution in [2.45, 2.75) is 52.2 Å². The second kappa shape index (κ2) is 8.77. The van der Waals surface area contributed by atoms with Gasteiger partial charge in [-0.15, -0.1) is 10.2 Å². The fraction of sp³-hybridized carbons (Fsp3) is 0.400. The summed E-state index contributed by atoms with van der Waals surface area (Å²) in [5, 5.41) is 13.4. The van der Waals surface area contributed by atoms with Crippen molar-refractivity contribution in [1.82, 2.24) is 34.7 Å². The van der Waals surface area contributed by atoms with Crippen LogP contribution in [0.3, 0.4) is 0 Å². The fourth-order valence-corrected chi connectivity index (χ4v) is 4.55. The molecule has 0 aliphatic heterocycles. The summed E-state index contributed by atoms with van der Waals surface area (Å²) in [6.45, 7) is 5.09. The molecule has 1 unspecified atom stereocenters. The third kappa shape index (κ3) is 4.51. The second-order valence-corrected chi connectivity index (χ2v) is 9.37. The molecule has 0 spiro atoms. The molecule has 1 atom stereocenters. The molecule has 1 aliphatic carbocycles. The van der Waals surface area contributed by atoms with Gasteiger partial charge in [0.2, 0.25) is 11.7 Å². The van der Waals surface area contributed by atoms with E-state index in [0.29, 0.717) is 29.7 Å². The van der Waals surface area contributed by atoms with Crippen LogP contribution in [0.15, 0.2) is 54.7 Å². The summed E-state index contributed by atoms with van der Waals surface area (Å²) in [7, 11) is 1.86. The number of pyridine rings is 1. The van der Waals surface area contributed by atoms with E-state index < -0.39 is 0 Å². The Morgan fingerprint density at radius 2 is 1.85 bits per heavy atom. The Bertz CT molecular complexity index is 1230. The summed E-state index contributed by atoms with van der Waals surface area (Å²) >= 11 is 0. The third-order valence-electron chi connectivity index (χ3n) is 6.39. The smallest absolute Gasteiger partial charge is 0.214 e. The number of aromatic nitrogens is 7. The van der Waals surface area contributed by atoms with Crippen LogP contribution in [0.4, 0.5) is 0 Å². The van der Waals surface area contributed by atoms with Crippen molar-refractivity contribution in [3.8, 4) is 28.9 Å². The van der Waals surface area contributed by atoms with E-state index in [1.54, 1.807) is 4.68 Å². The van der Waals surface area contributed by atoms with Crippen molar-refractivity contribution in [2.24, 2.45) is 12.5 Å². The maximum atomic E-state index is 5.93. The van der Waals surface area contributed by atoms with Crippen molar-refractivity contribution in [2.75, 3.05) is 0 Å². The number of aryl methyl sites for hydroxylation is 1. The molecular weight excluding hydrogens is 414 g/mol. The molecule has 8 nitrogen and oxygen atoms in total. The largest absolute Gasteiger partial charge is 0.473 e. The van der Waals surface area contributed by atoms with E-state index in [1.165, 1.54) is 12.8 Å². The molecule has 0 amide bonds. The Kier molecular flexibility index (Phi) is 5.66. The zero-order valence-electron chi connectivity index (χ0n) is 19.3. The first kappa shape index (κ1) is 21.3. The normalized spacial score (nSPS) is 17.7. The Hall–Kier alpha value is -3.55. The first-order valence-corrected chi connectivity index (χ1v) is 11.5. The van der Waals surface area contributed by atoms with Crippen LogP contribution in [-0.2, 0) is 13.7 Å². The van der Waals surface area contributed by atoms with Crippen molar-refractivity contribution < 1.29 is 4.74 Å². The Labute approximate surface area is 193 Å². The molecule has 5 rings (SSSR count). The van der Waals surface area contributed by atoms with Crippen molar-refractivity contribution >= 4 is 0 Å². The molecule has 0 bridgehead atoms. The predicted octanol–water partition coefficient (Wildman–Crippen LogP) is 4.86. The lowest BCUT2D eigenvalue weighted by Crippen LogP contribution is -2.31. The molecular formula is C25H29N7O. The van der Waals surface area contributed by atoms with Gasteiger partial charge >= 0.3 is 0 Å². The molecule has 1 aromatic carbocycles. The van der Waals surface area contributed by atoms with Crippen molar-refractivity contribution in [1.29, 1.82) is 0 Å². The number of nitrogens with zero attached hydrogens (tertiary/aromatic N) is 7. The molecule has 33 heavy (non-hydrogen) atoms. The fourth-order valence-electron chi connectivity index (χ4n) is 4.55. The Balaban J connectivity index is 1.49. The minimum absolute atomic E-state index is 0.119. The number of benzene rings is 1. The molecule has 3 heterocycles. The minimum atomic E-state index is 0.119. The molecule has 8 heteroatoms. The molecule has 1 saturated carbocycles. The minimum Gasteiger partial charge on any atom is -0.473 e. The second-order valence-electron chi connectivity index (χ2n) is 9.37. The van der Waals surface area contributed by atoms with Crippen LogP contribution in [0.2, 0.25) is 0 Å².